The number of nitriles is 1. The maximum atomic E-state index is 13.1. The Bertz CT molecular complexity index is 1340. The fourth-order valence-electron chi connectivity index (χ4n) is 4.83. The van der Waals surface area contributed by atoms with Crippen LogP contribution in [0.15, 0.2) is 63.7 Å². The Kier molecular flexibility index (Phi) is 6.96. The number of nitrogens with two attached hydrogens (primary N) is 1. The molecule has 186 valence electrons. The standard InChI is InChI=1S/C28H28BrN3O4/c1-15-8-18(29)9-16(2)26(15)32-23(34)14-35-19-7-5-6-17(10-19)24-20(13-30)27(31)36-22-12-28(3,4)11-21(33)25(22)24/h5-10,24H,11-12,14,31H2,1-4H3,(H,32,34). The topological polar surface area (TPSA) is 114 Å². The number of carbonyl (C=O) groups is 2. The maximum absolute atomic E-state index is 13.1. The quantitative estimate of drug-likeness (QED) is 0.506. The normalized spacial score (nSPS) is 18.8. The summed E-state index contributed by atoms with van der Waals surface area (Å²) in [5, 5.41) is 12.7. The van der Waals surface area contributed by atoms with Gasteiger partial charge in [0.2, 0.25) is 5.88 Å². The highest BCUT2D eigenvalue weighted by Crippen LogP contribution is 2.48. The zero-order chi connectivity index (χ0) is 26.2. The third-order valence-electron chi connectivity index (χ3n) is 6.40. The van der Waals surface area contributed by atoms with Crippen molar-refractivity contribution in [1.82, 2.24) is 0 Å². The first-order valence-electron chi connectivity index (χ1n) is 11.6. The van der Waals surface area contributed by atoms with Crippen LogP contribution in [0.3, 0.4) is 0 Å². The Labute approximate surface area is 219 Å². The average molecular weight is 550 g/mol. The summed E-state index contributed by atoms with van der Waals surface area (Å²) < 4.78 is 12.5. The highest BCUT2D eigenvalue weighted by atomic mass is 79.9. The molecule has 2 aromatic rings. The van der Waals surface area contributed by atoms with Crippen LogP contribution in [0, 0.1) is 30.6 Å². The molecule has 1 amide bonds. The highest BCUT2D eigenvalue weighted by molar-refractivity contribution is 9.10. The Hall–Kier alpha value is -3.57. The van der Waals surface area contributed by atoms with E-state index in [9.17, 15) is 14.9 Å². The van der Waals surface area contributed by atoms with Crippen LogP contribution in [0.1, 0.15) is 49.3 Å². The molecule has 1 aliphatic carbocycles. The summed E-state index contributed by atoms with van der Waals surface area (Å²) in [5.41, 5.74) is 9.82. The van der Waals surface area contributed by atoms with Crippen LogP contribution < -0.4 is 15.8 Å². The van der Waals surface area contributed by atoms with Crippen molar-refractivity contribution in [1.29, 1.82) is 5.26 Å². The van der Waals surface area contributed by atoms with Gasteiger partial charge < -0.3 is 20.5 Å². The number of Topliss-reactive ketones (excluding diaryl/α,β-unsaturated/α-hetero) is 1. The molecule has 0 fully saturated rings. The van der Waals surface area contributed by atoms with E-state index in [0.717, 1.165) is 21.3 Å². The lowest BCUT2D eigenvalue weighted by Gasteiger charge is -2.37. The number of ketones is 1. The minimum atomic E-state index is -0.646. The summed E-state index contributed by atoms with van der Waals surface area (Å²) >= 11 is 3.46. The predicted octanol–water partition coefficient (Wildman–Crippen LogP) is 5.53. The van der Waals surface area contributed by atoms with Gasteiger partial charge in [0.05, 0.1) is 5.92 Å². The lowest BCUT2D eigenvalue weighted by atomic mass is 9.70. The van der Waals surface area contributed by atoms with Crippen molar-refractivity contribution in [3.8, 4) is 11.8 Å². The summed E-state index contributed by atoms with van der Waals surface area (Å²) in [6.07, 6.45) is 0.908. The Morgan fingerprint density at radius 3 is 2.61 bits per heavy atom. The van der Waals surface area contributed by atoms with E-state index in [-0.39, 0.29) is 35.2 Å². The second-order valence-electron chi connectivity index (χ2n) is 10.0. The first-order valence-corrected chi connectivity index (χ1v) is 12.4. The van der Waals surface area contributed by atoms with Gasteiger partial charge in [-0.3, -0.25) is 9.59 Å². The van der Waals surface area contributed by atoms with E-state index in [1.165, 1.54) is 0 Å². The molecular weight excluding hydrogens is 522 g/mol. The van der Waals surface area contributed by atoms with E-state index in [1.54, 1.807) is 18.2 Å². The molecule has 36 heavy (non-hydrogen) atoms. The molecule has 8 heteroatoms. The molecule has 0 bridgehead atoms. The fraction of sp³-hybridized carbons (Fsp3) is 0.321. The predicted molar refractivity (Wildman–Crippen MR) is 140 cm³/mol. The number of nitrogens with zero attached hydrogens (tertiary/aromatic N) is 1. The first-order chi connectivity index (χ1) is 17.0. The highest BCUT2D eigenvalue weighted by Gasteiger charge is 2.43. The molecule has 7 nitrogen and oxygen atoms in total. The second kappa shape index (κ2) is 9.82. The first kappa shape index (κ1) is 25.5. The van der Waals surface area contributed by atoms with Crippen molar-refractivity contribution in [3.63, 3.8) is 0 Å². The van der Waals surface area contributed by atoms with Crippen LogP contribution >= 0.6 is 15.9 Å². The number of benzene rings is 2. The van der Waals surface area contributed by atoms with Gasteiger partial charge in [0.1, 0.15) is 23.2 Å². The molecule has 0 spiro atoms. The van der Waals surface area contributed by atoms with Crippen molar-refractivity contribution < 1.29 is 19.1 Å². The van der Waals surface area contributed by atoms with Crippen LogP contribution in [-0.4, -0.2) is 18.3 Å². The smallest absolute Gasteiger partial charge is 0.262 e. The molecule has 2 aromatic carbocycles. The van der Waals surface area contributed by atoms with E-state index in [1.807, 2.05) is 45.9 Å². The number of allylic oxidation sites excluding steroid dienone is 3. The van der Waals surface area contributed by atoms with Gasteiger partial charge in [-0.05, 0) is 60.2 Å². The van der Waals surface area contributed by atoms with Crippen LogP contribution in [0.25, 0.3) is 0 Å². The number of ether oxygens (including phenoxy) is 2. The van der Waals surface area contributed by atoms with Crippen LogP contribution in [0.5, 0.6) is 5.75 Å². The lowest BCUT2D eigenvalue weighted by Crippen LogP contribution is -2.33. The molecule has 2 aliphatic rings. The van der Waals surface area contributed by atoms with Gasteiger partial charge in [-0.25, -0.2) is 0 Å². The number of rotatable bonds is 5. The van der Waals surface area contributed by atoms with Crippen molar-refractivity contribution in [2.75, 3.05) is 11.9 Å². The number of hydrogen-bond acceptors (Lipinski definition) is 6. The maximum Gasteiger partial charge on any atom is 0.262 e. The molecule has 1 atom stereocenters. The number of anilines is 1. The Morgan fingerprint density at radius 1 is 1.25 bits per heavy atom. The number of halogens is 1. The van der Waals surface area contributed by atoms with Crippen molar-refractivity contribution in [2.24, 2.45) is 11.1 Å². The summed E-state index contributed by atoms with van der Waals surface area (Å²) in [6.45, 7) is 7.66. The van der Waals surface area contributed by atoms with Crippen LogP contribution in [-0.2, 0) is 14.3 Å². The van der Waals surface area contributed by atoms with Gasteiger partial charge in [0, 0.05) is 28.6 Å². The average Bonchev–Trinajstić information content (AvgIpc) is 2.78. The number of amides is 1. The molecule has 0 radical (unpaired) electrons. The van der Waals surface area contributed by atoms with Gasteiger partial charge >= 0.3 is 0 Å². The molecule has 3 N–H and O–H groups in total. The summed E-state index contributed by atoms with van der Waals surface area (Å²) in [5.74, 6) is -0.0249. The second-order valence-corrected chi connectivity index (χ2v) is 10.9. The monoisotopic (exact) mass is 549 g/mol. The van der Waals surface area contributed by atoms with Crippen molar-refractivity contribution in [3.05, 3.63) is 80.3 Å². The number of hydrogen-bond donors (Lipinski definition) is 2. The molecule has 0 saturated carbocycles. The van der Waals surface area contributed by atoms with Gasteiger partial charge in [0.25, 0.3) is 5.91 Å². The van der Waals surface area contributed by atoms with Crippen molar-refractivity contribution >= 4 is 33.3 Å². The molecule has 1 aliphatic heterocycles. The van der Waals surface area contributed by atoms with Crippen LogP contribution in [0.4, 0.5) is 5.69 Å². The van der Waals surface area contributed by atoms with Gasteiger partial charge in [-0.2, -0.15) is 5.26 Å². The van der Waals surface area contributed by atoms with E-state index in [0.29, 0.717) is 35.5 Å². The third-order valence-corrected chi connectivity index (χ3v) is 6.86. The zero-order valence-corrected chi connectivity index (χ0v) is 22.3. The number of aryl methyl sites for hydroxylation is 2. The summed E-state index contributed by atoms with van der Waals surface area (Å²) in [4.78, 5) is 25.8. The minimum absolute atomic E-state index is 0.0117. The number of carbonyl (C=O) groups excluding carboxylic acids is 2. The Balaban J connectivity index is 1.57. The van der Waals surface area contributed by atoms with E-state index in [4.69, 9.17) is 15.2 Å². The number of nitrogens with one attached hydrogen (secondary N) is 1. The molecule has 0 aromatic heterocycles. The largest absolute Gasteiger partial charge is 0.484 e. The Morgan fingerprint density at radius 2 is 1.94 bits per heavy atom. The van der Waals surface area contributed by atoms with Gasteiger partial charge in [0.15, 0.2) is 12.4 Å². The van der Waals surface area contributed by atoms with Crippen molar-refractivity contribution in [2.45, 2.75) is 46.5 Å². The van der Waals surface area contributed by atoms with E-state index in [2.05, 4.69) is 27.3 Å². The molecule has 1 unspecified atom stereocenters. The van der Waals surface area contributed by atoms with Gasteiger partial charge in [-0.15, -0.1) is 0 Å². The zero-order valence-electron chi connectivity index (χ0n) is 20.7. The fourth-order valence-corrected chi connectivity index (χ4v) is 5.52. The molecule has 1 heterocycles. The third kappa shape index (κ3) is 5.17. The lowest BCUT2D eigenvalue weighted by molar-refractivity contribution is -0.119. The van der Waals surface area contributed by atoms with Gasteiger partial charge in [-0.1, -0.05) is 41.9 Å². The van der Waals surface area contributed by atoms with E-state index < -0.39 is 5.92 Å². The molecule has 0 saturated heterocycles. The molecule has 4 rings (SSSR count). The SMILES string of the molecule is Cc1cc(Br)cc(C)c1NC(=O)COc1cccc(C2C(C#N)=C(N)OC3=C2C(=O)CC(C)(C)C3)c1. The summed E-state index contributed by atoms with van der Waals surface area (Å²) in [6, 6.07) is 13.0. The van der Waals surface area contributed by atoms with E-state index >= 15 is 0 Å². The van der Waals surface area contributed by atoms with Crippen LogP contribution in [0.2, 0.25) is 0 Å². The summed E-state index contributed by atoms with van der Waals surface area (Å²) in [7, 11) is 0. The molecular formula is C28H28BrN3O4. The minimum Gasteiger partial charge on any atom is -0.484 e.